The third-order valence-corrected chi connectivity index (χ3v) is 23.2. The van der Waals surface area contributed by atoms with E-state index in [4.69, 9.17) is 96.7 Å². The number of anilines is 4. The molecule has 0 saturated carbocycles. The van der Waals surface area contributed by atoms with Crippen LogP contribution in [0.5, 0.6) is 0 Å². The highest BCUT2D eigenvalue weighted by Gasteiger charge is 2.35. The Labute approximate surface area is 841 Å². The fourth-order valence-corrected chi connectivity index (χ4v) is 16.8. The number of aromatic nitrogens is 12. The van der Waals surface area contributed by atoms with Gasteiger partial charge in [0.15, 0.2) is 46.4 Å². The molecule has 12 aromatic rings. The summed E-state index contributed by atoms with van der Waals surface area (Å²) in [5.74, 6) is 0.477. The highest BCUT2D eigenvalue weighted by Crippen LogP contribution is 2.38. The molecule has 0 fully saturated rings. The predicted octanol–water partition coefficient (Wildman–Crippen LogP) is 12.4. The van der Waals surface area contributed by atoms with Crippen molar-refractivity contribution in [3.8, 4) is 0 Å². The quantitative estimate of drug-likeness (QED) is 0.0164. The molecule has 145 heavy (non-hydrogen) atoms. The van der Waals surface area contributed by atoms with Crippen molar-refractivity contribution < 1.29 is 116 Å². The number of aliphatic hydroxyl groups is 4. The molecular weight excluding hydrogens is 1870 g/mol. The van der Waals surface area contributed by atoms with E-state index in [0.717, 1.165) is 21.5 Å². The molecule has 0 saturated heterocycles. The molecule has 12 rings (SSSR count). The lowest BCUT2D eigenvalue weighted by atomic mass is 9.92. The van der Waals surface area contributed by atoms with Gasteiger partial charge in [-0.25, -0.2) is 39.9 Å². The molecule has 40 nitrogen and oxygen atoms in total. The molecule has 784 valence electrons. The largest absolute Gasteiger partial charge is 0.389 e. The lowest BCUT2D eigenvalue weighted by Crippen LogP contribution is -2.43. The van der Waals surface area contributed by atoms with Crippen LogP contribution in [0.15, 0.2) is 97.1 Å². The van der Waals surface area contributed by atoms with Crippen molar-refractivity contribution >= 4 is 158 Å². The van der Waals surface area contributed by atoms with E-state index in [-0.39, 0.29) is 282 Å². The Morgan fingerprint density at radius 2 is 0.476 bits per heavy atom. The fraction of sp³-hybridized carbons (Fsp3) is 0.543. The third-order valence-electron chi connectivity index (χ3n) is 23.2. The summed E-state index contributed by atoms with van der Waals surface area (Å²) in [5.41, 5.74) is 1.16. The van der Waals surface area contributed by atoms with Gasteiger partial charge in [-0.2, -0.15) is 0 Å². The van der Waals surface area contributed by atoms with Gasteiger partial charge in [0.05, 0.1) is 177 Å². The number of pyridine rings is 4. The van der Waals surface area contributed by atoms with Crippen molar-refractivity contribution in [2.24, 2.45) is 5.41 Å². The van der Waals surface area contributed by atoms with Crippen molar-refractivity contribution in [2.75, 3.05) is 153 Å². The summed E-state index contributed by atoms with van der Waals surface area (Å²) in [6, 6.07) is 29.8. The molecule has 0 aliphatic rings. The molecule has 0 unspecified atom stereocenters. The van der Waals surface area contributed by atoms with Gasteiger partial charge in [0, 0.05) is 99.3 Å². The highest BCUT2D eigenvalue weighted by atomic mass is 16.6. The Hall–Kier alpha value is -11.7. The van der Waals surface area contributed by atoms with Crippen LogP contribution in [0, 0.1) is 5.41 Å². The van der Waals surface area contributed by atoms with Crippen molar-refractivity contribution in [1.82, 2.24) is 58.1 Å². The number of nitrogens with one attached hydrogen (secondary N) is 4. The summed E-state index contributed by atoms with van der Waals surface area (Å²) in [6.45, 7) is 22.3. The second-order valence-corrected chi connectivity index (χ2v) is 38.6. The van der Waals surface area contributed by atoms with Crippen LogP contribution in [0.25, 0.3) is 87.7 Å². The SMILES string of the molecule is CCOCc1nc2c(NC(=O)CCCC(=O)COCCOCC(COCCOCC(=O)CCCC(=O)Nc3nc4ccccc4c4c3nc(COCC)n4CC(C)(C)O)(COCCOCC(=O)CCCC(=O)Nc3nc4ccccc4c4c3nc(COCC)n4CC(C)(C)O)COCCOCC(=O)CCCC(=O)Nc3nc4ccccc4c4c3nc(COCC)n4CC(C)(C)O)nc3ccccc3c2n1CC(C)(C)O. The van der Waals surface area contributed by atoms with Crippen molar-refractivity contribution in [3.63, 3.8) is 0 Å². The number of carbonyl (C=O) groups excluding carboxylic acids is 8. The lowest BCUT2D eigenvalue weighted by Gasteiger charge is -2.33. The number of benzene rings is 4. The number of ether oxygens (including phenoxy) is 12. The van der Waals surface area contributed by atoms with Gasteiger partial charge in [0.1, 0.15) is 98.2 Å². The first-order valence-corrected chi connectivity index (χ1v) is 49.7. The number of rotatable bonds is 68. The third kappa shape index (κ3) is 33.2. The average Bonchev–Trinajstić information content (AvgIpc) is 1.61. The Morgan fingerprint density at radius 3 is 0.676 bits per heavy atom. The average molecular weight is 2010 g/mol. The highest BCUT2D eigenvalue weighted by molar-refractivity contribution is 6.13. The van der Waals surface area contributed by atoms with Crippen molar-refractivity contribution in [2.45, 2.75) is 235 Å². The van der Waals surface area contributed by atoms with Crippen LogP contribution >= 0.6 is 0 Å². The van der Waals surface area contributed by atoms with E-state index in [1.807, 2.05) is 143 Å². The van der Waals surface area contributed by atoms with E-state index >= 15 is 0 Å². The predicted molar refractivity (Wildman–Crippen MR) is 546 cm³/mol. The van der Waals surface area contributed by atoms with Crippen LogP contribution < -0.4 is 21.3 Å². The van der Waals surface area contributed by atoms with E-state index in [0.29, 0.717) is 116 Å². The van der Waals surface area contributed by atoms with Crippen molar-refractivity contribution in [3.05, 3.63) is 120 Å². The zero-order valence-corrected chi connectivity index (χ0v) is 85.3. The summed E-state index contributed by atoms with van der Waals surface area (Å²) >= 11 is 0. The number of carbonyl (C=O) groups is 8. The van der Waals surface area contributed by atoms with Crippen molar-refractivity contribution in [1.29, 1.82) is 0 Å². The van der Waals surface area contributed by atoms with Gasteiger partial charge in [-0.05, 0) is 133 Å². The molecule has 0 bridgehead atoms. The monoisotopic (exact) mass is 2010 g/mol. The second-order valence-electron chi connectivity index (χ2n) is 38.6. The molecule has 0 radical (unpaired) electrons. The number of fused-ring (bicyclic) bond motifs is 12. The molecule has 0 spiro atoms. The molecule has 8 N–H and O–H groups in total. The van der Waals surface area contributed by atoms with Crippen LogP contribution in [0.1, 0.15) is 183 Å². The van der Waals surface area contributed by atoms with Crippen LogP contribution in [0.4, 0.5) is 23.3 Å². The molecule has 4 aromatic carbocycles. The minimum Gasteiger partial charge on any atom is -0.389 e. The Balaban J connectivity index is 0.673. The molecule has 8 aromatic heterocycles. The van der Waals surface area contributed by atoms with Gasteiger partial charge in [-0.15, -0.1) is 0 Å². The van der Waals surface area contributed by atoms with Gasteiger partial charge < -0.3 is 117 Å². The van der Waals surface area contributed by atoms with E-state index in [1.165, 1.54) is 0 Å². The number of ketones is 4. The number of Topliss-reactive ketones (excluding diaryl/α,β-unsaturated/α-hetero) is 4. The maximum atomic E-state index is 13.7. The lowest BCUT2D eigenvalue weighted by molar-refractivity contribution is -0.131. The standard InChI is InChI=1S/C105H140N16O24/c1-13-134-57-81-110-89-93(118(81)61-101(5,6)130)73-33-17-21-37-77(73)106-97(89)114-85(126)41-25-29-69(122)53-138-45-49-142-65-105(66-143-50-46-139-54-70(123)30-26-42-86(127)115-98-90-94(74-34-18-22-38-78(74)107-98)119(62-102(7,8)131)82(111-90)58-135-14-2,67-144-51-47-140-55-71(124)31-27-43-87(128)116-99-91-95(75-35-19-23-39-79(75)108-99)120(63-103(9,10)132)83(112-91)59-136-15-3)68-145-52-48-141-56-72(125)32-28-44-88(129)117-100-92-96(76-36-20-24-40-80(76)109-100)121(64-104(11,12)133)84(113-92)60-137-16-4/h17-24,33-40,130-133H,13-16,25-32,41-68H2,1-12H3,(H,106,114,126)(H,107,115,127)(H,108,116,128)(H,109,117,129). The van der Waals surface area contributed by atoms with Gasteiger partial charge in [0.25, 0.3) is 0 Å². The van der Waals surface area contributed by atoms with Crippen LogP contribution in [-0.4, -0.2) is 280 Å². The summed E-state index contributed by atoms with van der Waals surface area (Å²) in [4.78, 5) is 147. The van der Waals surface area contributed by atoms with Gasteiger partial charge in [-0.1, -0.05) is 72.8 Å². The topological polar surface area (TPSA) is 499 Å². The Morgan fingerprint density at radius 1 is 0.276 bits per heavy atom. The molecule has 40 heteroatoms. The molecule has 8 heterocycles. The Kier molecular flexibility index (Phi) is 41.4. The minimum atomic E-state index is -1.14. The number of amides is 4. The molecule has 4 amide bonds. The van der Waals surface area contributed by atoms with Gasteiger partial charge in [-0.3, -0.25) is 38.4 Å². The van der Waals surface area contributed by atoms with Gasteiger partial charge in [0.2, 0.25) is 23.6 Å². The van der Waals surface area contributed by atoms with Crippen LogP contribution in [0.2, 0.25) is 0 Å². The number of nitrogens with zero attached hydrogens (tertiary/aromatic N) is 12. The number of imidazole rings is 4. The first-order valence-electron chi connectivity index (χ1n) is 49.7. The summed E-state index contributed by atoms with van der Waals surface area (Å²) in [7, 11) is 0. The smallest absolute Gasteiger partial charge is 0.225 e. The molecule has 0 atom stereocenters. The van der Waals surface area contributed by atoms with Crippen LogP contribution in [-0.2, 0) is 148 Å². The molecule has 0 aliphatic carbocycles. The second kappa shape index (κ2) is 53.6. The summed E-state index contributed by atoms with van der Waals surface area (Å²) < 4.78 is 79.4. The van der Waals surface area contributed by atoms with Crippen LogP contribution in [0.3, 0.4) is 0 Å². The van der Waals surface area contributed by atoms with Gasteiger partial charge >= 0.3 is 0 Å². The molecular formula is C105H140N16O24. The number of hydrogen-bond acceptors (Lipinski definition) is 32. The first-order chi connectivity index (χ1) is 69.5. The molecule has 0 aliphatic heterocycles. The fourth-order valence-electron chi connectivity index (χ4n) is 16.8. The van der Waals surface area contributed by atoms with E-state index in [2.05, 4.69) is 21.3 Å². The number of hydrogen-bond donors (Lipinski definition) is 8. The van der Waals surface area contributed by atoms with E-state index in [9.17, 15) is 58.8 Å². The van der Waals surface area contributed by atoms with E-state index < -0.39 is 51.4 Å². The normalized spacial score (nSPS) is 12.4. The van der Waals surface area contributed by atoms with E-state index in [1.54, 1.807) is 55.4 Å². The maximum Gasteiger partial charge on any atom is 0.225 e. The zero-order chi connectivity index (χ0) is 104. The Bertz CT molecular complexity index is 5660. The zero-order valence-electron chi connectivity index (χ0n) is 85.3. The summed E-state index contributed by atoms with van der Waals surface area (Å²) in [5, 5.41) is 58.8. The first kappa shape index (κ1) is 112. The maximum absolute atomic E-state index is 13.7. The number of para-hydroxylation sites is 4. The summed E-state index contributed by atoms with van der Waals surface area (Å²) in [6.07, 6.45) is 0.691. The minimum absolute atomic E-state index is 0.0129.